The number of thiophene rings is 1. The molecule has 4 nitrogen and oxygen atoms in total. The predicted octanol–water partition coefficient (Wildman–Crippen LogP) is 5.20. The van der Waals surface area contributed by atoms with Crippen molar-refractivity contribution in [3.63, 3.8) is 0 Å². The lowest BCUT2D eigenvalue weighted by Gasteiger charge is -2.16. The van der Waals surface area contributed by atoms with Crippen molar-refractivity contribution < 1.29 is 19.0 Å². The first kappa shape index (κ1) is 16.9. The van der Waals surface area contributed by atoms with Crippen LogP contribution < -0.4 is 9.47 Å². The lowest BCUT2D eigenvalue weighted by Crippen LogP contribution is -2.11. The van der Waals surface area contributed by atoms with Crippen molar-refractivity contribution in [2.75, 3.05) is 13.2 Å². The molecule has 3 aromatic rings. The van der Waals surface area contributed by atoms with Crippen LogP contribution in [0.5, 0.6) is 11.5 Å². The zero-order valence-electron chi connectivity index (χ0n) is 13.7. The van der Waals surface area contributed by atoms with E-state index in [9.17, 15) is 4.79 Å². The summed E-state index contributed by atoms with van der Waals surface area (Å²) in [5.74, 6) is 1.19. The highest BCUT2D eigenvalue weighted by Crippen LogP contribution is 2.42. The first-order chi connectivity index (χ1) is 12.7. The standard InChI is InChI=1S/C20H15ClO4S/c21-14-5-7-15(8-6-14)23-9-10-24-20(22)18-11-13-12-25-17-4-2-1-3-16(17)19(13)26-18/h1-8,11H,9-10,12H2. The number of hydrogen-bond acceptors (Lipinski definition) is 5. The third kappa shape index (κ3) is 3.54. The SMILES string of the molecule is O=C(OCCOc1ccc(Cl)cc1)c1cc2c(s1)-c1ccccc1OC2. The van der Waals surface area contributed by atoms with Gasteiger partial charge in [0.25, 0.3) is 0 Å². The summed E-state index contributed by atoms with van der Waals surface area (Å²) in [6.45, 7) is 0.928. The monoisotopic (exact) mass is 386 g/mol. The Labute approximate surface area is 159 Å². The number of carbonyl (C=O) groups is 1. The zero-order valence-corrected chi connectivity index (χ0v) is 15.3. The van der Waals surface area contributed by atoms with Crippen LogP contribution in [0, 0.1) is 0 Å². The van der Waals surface area contributed by atoms with Gasteiger partial charge in [-0.05, 0) is 42.5 Å². The summed E-state index contributed by atoms with van der Waals surface area (Å²) >= 11 is 7.26. The van der Waals surface area contributed by atoms with Gasteiger partial charge in [-0.15, -0.1) is 11.3 Å². The fourth-order valence-corrected chi connectivity index (χ4v) is 3.91. The summed E-state index contributed by atoms with van der Waals surface area (Å²) in [4.78, 5) is 13.9. The Morgan fingerprint density at radius 1 is 1.12 bits per heavy atom. The van der Waals surface area contributed by atoms with Crippen LogP contribution in [0.4, 0.5) is 0 Å². The molecule has 1 aromatic heterocycles. The largest absolute Gasteiger partial charge is 0.490 e. The molecule has 0 fully saturated rings. The molecule has 132 valence electrons. The molecule has 0 radical (unpaired) electrons. The second-order valence-corrected chi connectivity index (χ2v) is 7.18. The van der Waals surface area contributed by atoms with Gasteiger partial charge in [-0.2, -0.15) is 0 Å². The van der Waals surface area contributed by atoms with E-state index in [0.29, 0.717) is 22.3 Å². The Morgan fingerprint density at radius 3 is 2.77 bits per heavy atom. The van der Waals surface area contributed by atoms with Crippen molar-refractivity contribution >= 4 is 28.9 Å². The van der Waals surface area contributed by atoms with E-state index in [-0.39, 0.29) is 19.2 Å². The fraction of sp³-hybridized carbons (Fsp3) is 0.150. The van der Waals surface area contributed by atoms with Crippen LogP contribution >= 0.6 is 22.9 Å². The van der Waals surface area contributed by atoms with E-state index in [1.54, 1.807) is 24.3 Å². The average Bonchev–Trinajstić information content (AvgIpc) is 3.11. The van der Waals surface area contributed by atoms with E-state index in [0.717, 1.165) is 21.8 Å². The minimum absolute atomic E-state index is 0.178. The quantitative estimate of drug-likeness (QED) is 0.446. The molecular weight excluding hydrogens is 372 g/mol. The van der Waals surface area contributed by atoms with Crippen molar-refractivity contribution in [3.05, 3.63) is 70.1 Å². The van der Waals surface area contributed by atoms with Gasteiger partial charge in [0.05, 0.1) is 0 Å². The van der Waals surface area contributed by atoms with Crippen LogP contribution in [0.2, 0.25) is 5.02 Å². The number of para-hydroxylation sites is 1. The topological polar surface area (TPSA) is 44.8 Å². The minimum atomic E-state index is -0.346. The number of ether oxygens (including phenoxy) is 3. The number of benzene rings is 2. The van der Waals surface area contributed by atoms with E-state index in [2.05, 4.69) is 0 Å². The highest BCUT2D eigenvalue weighted by molar-refractivity contribution is 7.17. The second kappa shape index (κ2) is 7.40. The first-order valence-corrected chi connectivity index (χ1v) is 9.30. The number of fused-ring (bicyclic) bond motifs is 3. The van der Waals surface area contributed by atoms with Gasteiger partial charge in [0, 0.05) is 21.0 Å². The van der Waals surface area contributed by atoms with Gasteiger partial charge in [-0.25, -0.2) is 4.79 Å². The van der Waals surface area contributed by atoms with E-state index in [4.69, 9.17) is 25.8 Å². The first-order valence-electron chi connectivity index (χ1n) is 8.11. The van der Waals surface area contributed by atoms with Gasteiger partial charge in [0.1, 0.15) is 36.2 Å². The maximum Gasteiger partial charge on any atom is 0.348 e. The van der Waals surface area contributed by atoms with Crippen molar-refractivity contribution in [1.29, 1.82) is 0 Å². The van der Waals surface area contributed by atoms with E-state index >= 15 is 0 Å². The molecule has 1 aliphatic heterocycles. The molecule has 0 saturated carbocycles. The summed E-state index contributed by atoms with van der Waals surface area (Å²) in [5, 5.41) is 0.649. The van der Waals surface area contributed by atoms with Gasteiger partial charge in [-0.1, -0.05) is 23.7 Å². The third-order valence-electron chi connectivity index (χ3n) is 3.92. The summed E-state index contributed by atoms with van der Waals surface area (Å²) in [6, 6.07) is 16.7. The van der Waals surface area contributed by atoms with Gasteiger partial charge < -0.3 is 14.2 Å². The van der Waals surface area contributed by atoms with Gasteiger partial charge in [0.2, 0.25) is 0 Å². The second-order valence-electron chi connectivity index (χ2n) is 5.69. The molecule has 6 heteroatoms. The molecular formula is C20H15ClO4S. The third-order valence-corrected chi connectivity index (χ3v) is 5.37. The molecule has 0 unspecified atom stereocenters. The number of carbonyl (C=O) groups excluding carboxylic acids is 1. The molecule has 1 aliphatic rings. The minimum Gasteiger partial charge on any atom is -0.490 e. The van der Waals surface area contributed by atoms with Crippen molar-refractivity contribution in [2.24, 2.45) is 0 Å². The highest BCUT2D eigenvalue weighted by Gasteiger charge is 2.22. The molecule has 0 saturated heterocycles. The maximum absolute atomic E-state index is 12.3. The van der Waals surface area contributed by atoms with Crippen LogP contribution in [0.1, 0.15) is 15.2 Å². The molecule has 0 N–H and O–H groups in total. The lowest BCUT2D eigenvalue weighted by atomic mass is 10.1. The number of esters is 1. The van der Waals surface area contributed by atoms with Crippen LogP contribution in [-0.2, 0) is 11.3 Å². The van der Waals surface area contributed by atoms with Crippen LogP contribution in [0.25, 0.3) is 10.4 Å². The smallest absolute Gasteiger partial charge is 0.348 e. The van der Waals surface area contributed by atoms with Crippen molar-refractivity contribution in [1.82, 2.24) is 0 Å². The van der Waals surface area contributed by atoms with E-state index in [1.165, 1.54) is 11.3 Å². The van der Waals surface area contributed by atoms with E-state index in [1.807, 2.05) is 30.3 Å². The lowest BCUT2D eigenvalue weighted by molar-refractivity contribution is 0.0456. The van der Waals surface area contributed by atoms with Crippen molar-refractivity contribution in [3.8, 4) is 21.9 Å². The van der Waals surface area contributed by atoms with E-state index < -0.39 is 0 Å². The highest BCUT2D eigenvalue weighted by atomic mass is 35.5. The molecule has 0 amide bonds. The maximum atomic E-state index is 12.3. The Bertz CT molecular complexity index is 933. The summed E-state index contributed by atoms with van der Waals surface area (Å²) in [5.41, 5.74) is 2.03. The number of rotatable bonds is 5. The van der Waals surface area contributed by atoms with Crippen molar-refractivity contribution in [2.45, 2.75) is 6.61 Å². The zero-order chi connectivity index (χ0) is 17.9. The molecule has 0 bridgehead atoms. The number of hydrogen-bond donors (Lipinski definition) is 0. The molecule has 0 spiro atoms. The molecule has 2 aromatic carbocycles. The molecule has 0 atom stereocenters. The van der Waals surface area contributed by atoms with Gasteiger partial charge >= 0.3 is 5.97 Å². The molecule has 2 heterocycles. The summed E-state index contributed by atoms with van der Waals surface area (Å²) < 4.78 is 16.6. The molecule has 26 heavy (non-hydrogen) atoms. The predicted molar refractivity (Wildman–Crippen MR) is 101 cm³/mol. The number of halogens is 1. The van der Waals surface area contributed by atoms with Crippen LogP contribution in [-0.4, -0.2) is 19.2 Å². The van der Waals surface area contributed by atoms with Crippen LogP contribution in [0.3, 0.4) is 0 Å². The summed E-state index contributed by atoms with van der Waals surface area (Å²) in [6.07, 6.45) is 0. The molecule has 0 aliphatic carbocycles. The Balaban J connectivity index is 1.36. The van der Waals surface area contributed by atoms with Gasteiger partial charge in [-0.3, -0.25) is 0 Å². The summed E-state index contributed by atoms with van der Waals surface area (Å²) in [7, 11) is 0. The van der Waals surface area contributed by atoms with Gasteiger partial charge in [0.15, 0.2) is 0 Å². The molecule has 4 rings (SSSR count). The van der Waals surface area contributed by atoms with Crippen LogP contribution in [0.15, 0.2) is 54.6 Å². The Morgan fingerprint density at radius 2 is 1.92 bits per heavy atom. The normalized spacial score (nSPS) is 11.9. The Kier molecular flexibility index (Phi) is 4.82. The average molecular weight is 387 g/mol. The Hall–Kier alpha value is -2.50. The fourth-order valence-electron chi connectivity index (χ4n) is 2.70.